The summed E-state index contributed by atoms with van der Waals surface area (Å²) in [6.07, 6.45) is 3.97. The fraction of sp³-hybridized carbons (Fsp3) is 0.615. The van der Waals surface area contributed by atoms with E-state index in [1.54, 1.807) is 16.7 Å². The van der Waals surface area contributed by atoms with Gasteiger partial charge in [-0.2, -0.15) is 0 Å². The molecule has 19 heavy (non-hydrogen) atoms. The fourth-order valence-electron chi connectivity index (χ4n) is 2.96. The molecule has 2 unspecified atom stereocenters. The number of nitrogens with zero attached hydrogens (tertiary/aromatic N) is 2. The van der Waals surface area contributed by atoms with Crippen molar-refractivity contribution in [3.05, 3.63) is 30.1 Å². The molecule has 1 aromatic rings. The van der Waals surface area contributed by atoms with Crippen LogP contribution in [0.3, 0.4) is 0 Å². The van der Waals surface area contributed by atoms with E-state index in [4.69, 9.17) is 0 Å². The Balaban J connectivity index is 1.61. The smallest absolute Gasteiger partial charge is 0.214 e. The molecule has 6 heteroatoms. The van der Waals surface area contributed by atoms with E-state index in [0.717, 1.165) is 18.7 Å². The molecular weight excluding hydrogens is 262 g/mol. The Morgan fingerprint density at radius 1 is 1.21 bits per heavy atom. The van der Waals surface area contributed by atoms with Gasteiger partial charge in [0.15, 0.2) is 0 Å². The lowest BCUT2D eigenvalue weighted by molar-refractivity contribution is 0.448. The molecule has 2 aliphatic heterocycles. The molecule has 5 nitrogen and oxygen atoms in total. The quantitative estimate of drug-likeness (QED) is 0.850. The van der Waals surface area contributed by atoms with Crippen LogP contribution in [0.1, 0.15) is 5.56 Å². The molecule has 1 N–H and O–H groups in total. The molecule has 0 aliphatic carbocycles. The monoisotopic (exact) mass is 281 g/mol. The number of fused-ring (bicyclic) bond motifs is 1. The van der Waals surface area contributed by atoms with Crippen molar-refractivity contribution in [2.45, 2.75) is 6.42 Å². The summed E-state index contributed by atoms with van der Waals surface area (Å²) in [5, 5.41) is 3.33. The third kappa shape index (κ3) is 2.80. The summed E-state index contributed by atoms with van der Waals surface area (Å²) in [7, 11) is -3.12. The normalized spacial score (nSPS) is 27.6. The minimum Gasteiger partial charge on any atom is -0.316 e. The van der Waals surface area contributed by atoms with Gasteiger partial charge in [0.1, 0.15) is 0 Å². The van der Waals surface area contributed by atoms with Gasteiger partial charge in [0.25, 0.3) is 0 Å². The second-order valence-corrected chi connectivity index (χ2v) is 7.51. The second kappa shape index (κ2) is 5.19. The maximum absolute atomic E-state index is 12.3. The molecule has 2 fully saturated rings. The number of sulfonamides is 1. The van der Waals surface area contributed by atoms with E-state index in [9.17, 15) is 8.42 Å². The molecule has 0 radical (unpaired) electrons. The van der Waals surface area contributed by atoms with Crippen molar-refractivity contribution < 1.29 is 8.42 Å². The van der Waals surface area contributed by atoms with Crippen LogP contribution in [0.15, 0.2) is 24.5 Å². The average molecular weight is 281 g/mol. The van der Waals surface area contributed by atoms with Crippen LogP contribution in [0.2, 0.25) is 0 Å². The van der Waals surface area contributed by atoms with E-state index in [2.05, 4.69) is 10.3 Å². The number of aromatic nitrogens is 1. The van der Waals surface area contributed by atoms with Crippen molar-refractivity contribution >= 4 is 10.0 Å². The molecule has 3 heterocycles. The van der Waals surface area contributed by atoms with Crippen molar-refractivity contribution in [2.75, 3.05) is 31.9 Å². The predicted molar refractivity (Wildman–Crippen MR) is 73.2 cm³/mol. The first-order chi connectivity index (χ1) is 9.15. The summed E-state index contributed by atoms with van der Waals surface area (Å²) in [6, 6.07) is 3.75. The summed E-state index contributed by atoms with van der Waals surface area (Å²) < 4.78 is 26.3. The third-order valence-electron chi connectivity index (χ3n) is 4.15. The predicted octanol–water partition coefficient (Wildman–Crippen LogP) is 0.105. The zero-order valence-electron chi connectivity index (χ0n) is 10.8. The Labute approximate surface area is 114 Å². The van der Waals surface area contributed by atoms with Gasteiger partial charge < -0.3 is 5.32 Å². The molecular formula is C13H19N3O2S. The molecule has 0 amide bonds. The minimum atomic E-state index is -3.12. The van der Waals surface area contributed by atoms with Gasteiger partial charge in [-0.3, -0.25) is 4.98 Å². The van der Waals surface area contributed by atoms with Crippen molar-refractivity contribution in [3.8, 4) is 0 Å². The van der Waals surface area contributed by atoms with Gasteiger partial charge in [-0.15, -0.1) is 0 Å². The molecule has 2 saturated heterocycles. The topological polar surface area (TPSA) is 62.3 Å². The van der Waals surface area contributed by atoms with E-state index in [-0.39, 0.29) is 5.75 Å². The van der Waals surface area contributed by atoms with Gasteiger partial charge >= 0.3 is 0 Å². The molecule has 0 saturated carbocycles. The van der Waals surface area contributed by atoms with Gasteiger partial charge in [-0.05, 0) is 49.0 Å². The maximum atomic E-state index is 12.3. The standard InChI is InChI=1S/C13H19N3O2S/c17-19(18,6-3-11-1-4-14-5-2-11)16-9-12-7-15-8-13(12)10-16/h1-2,4-5,12-13,15H,3,6-10H2. The van der Waals surface area contributed by atoms with Crippen LogP contribution < -0.4 is 5.32 Å². The lowest BCUT2D eigenvalue weighted by Crippen LogP contribution is -2.34. The van der Waals surface area contributed by atoms with E-state index in [1.165, 1.54) is 0 Å². The van der Waals surface area contributed by atoms with Crippen LogP contribution in [0.5, 0.6) is 0 Å². The van der Waals surface area contributed by atoms with Crippen LogP contribution in [0.25, 0.3) is 0 Å². The van der Waals surface area contributed by atoms with Gasteiger partial charge in [0.05, 0.1) is 5.75 Å². The van der Waals surface area contributed by atoms with E-state index < -0.39 is 10.0 Å². The molecule has 3 rings (SSSR count). The number of nitrogens with one attached hydrogen (secondary N) is 1. The molecule has 2 aliphatic rings. The molecule has 1 aromatic heterocycles. The van der Waals surface area contributed by atoms with Gasteiger partial charge in [-0.1, -0.05) is 0 Å². The number of hydrogen-bond acceptors (Lipinski definition) is 4. The van der Waals surface area contributed by atoms with Crippen molar-refractivity contribution in [1.29, 1.82) is 0 Å². The summed E-state index contributed by atoms with van der Waals surface area (Å²) >= 11 is 0. The number of pyridine rings is 1. The Bertz CT molecular complexity index is 520. The minimum absolute atomic E-state index is 0.198. The Morgan fingerprint density at radius 2 is 1.84 bits per heavy atom. The molecule has 104 valence electrons. The maximum Gasteiger partial charge on any atom is 0.214 e. The highest BCUT2D eigenvalue weighted by atomic mass is 32.2. The van der Waals surface area contributed by atoms with Crippen LogP contribution in [-0.4, -0.2) is 49.6 Å². The zero-order valence-corrected chi connectivity index (χ0v) is 11.6. The Hall–Kier alpha value is -0.980. The van der Waals surface area contributed by atoms with Crippen LogP contribution in [-0.2, 0) is 16.4 Å². The third-order valence-corrected chi connectivity index (χ3v) is 5.95. The number of aryl methyl sites for hydroxylation is 1. The van der Waals surface area contributed by atoms with Crippen LogP contribution in [0.4, 0.5) is 0 Å². The van der Waals surface area contributed by atoms with Crippen LogP contribution >= 0.6 is 0 Å². The molecule has 2 atom stereocenters. The van der Waals surface area contributed by atoms with Crippen LogP contribution in [0, 0.1) is 11.8 Å². The van der Waals surface area contributed by atoms with Gasteiger partial charge in [-0.25, -0.2) is 12.7 Å². The highest BCUT2D eigenvalue weighted by Crippen LogP contribution is 2.28. The first-order valence-corrected chi connectivity index (χ1v) is 8.33. The number of rotatable bonds is 4. The summed E-state index contributed by atoms with van der Waals surface area (Å²) in [5.74, 6) is 1.22. The molecule has 0 bridgehead atoms. The molecule has 0 aromatic carbocycles. The second-order valence-electron chi connectivity index (χ2n) is 5.42. The average Bonchev–Trinajstić information content (AvgIpc) is 2.99. The highest BCUT2D eigenvalue weighted by Gasteiger charge is 2.40. The van der Waals surface area contributed by atoms with E-state index in [0.29, 0.717) is 31.3 Å². The van der Waals surface area contributed by atoms with Gasteiger partial charge in [0, 0.05) is 25.5 Å². The fourth-order valence-corrected chi connectivity index (χ4v) is 4.55. The summed E-state index contributed by atoms with van der Waals surface area (Å²) in [4.78, 5) is 3.94. The molecule has 0 spiro atoms. The largest absolute Gasteiger partial charge is 0.316 e. The lowest BCUT2D eigenvalue weighted by atomic mass is 10.0. The summed E-state index contributed by atoms with van der Waals surface area (Å²) in [6.45, 7) is 3.30. The highest BCUT2D eigenvalue weighted by molar-refractivity contribution is 7.89. The zero-order chi connectivity index (χ0) is 13.3. The number of hydrogen-bond donors (Lipinski definition) is 1. The van der Waals surface area contributed by atoms with E-state index >= 15 is 0 Å². The first-order valence-electron chi connectivity index (χ1n) is 6.72. The van der Waals surface area contributed by atoms with Crippen molar-refractivity contribution in [2.24, 2.45) is 11.8 Å². The lowest BCUT2D eigenvalue weighted by Gasteiger charge is -2.17. The Morgan fingerprint density at radius 3 is 2.47 bits per heavy atom. The Kier molecular flexibility index (Phi) is 3.56. The SMILES string of the molecule is O=S(=O)(CCc1ccncc1)N1CC2CNCC2C1. The first kappa shape index (κ1) is 13.0. The summed E-state index contributed by atoms with van der Waals surface area (Å²) in [5.41, 5.74) is 1.03. The van der Waals surface area contributed by atoms with Crippen molar-refractivity contribution in [3.63, 3.8) is 0 Å². The van der Waals surface area contributed by atoms with Crippen molar-refractivity contribution in [1.82, 2.24) is 14.6 Å². The van der Waals surface area contributed by atoms with Gasteiger partial charge in [0.2, 0.25) is 10.0 Å². The van der Waals surface area contributed by atoms with E-state index in [1.807, 2.05) is 12.1 Å².